The van der Waals surface area contributed by atoms with Gasteiger partial charge in [0.1, 0.15) is 0 Å². The first-order valence-electron chi connectivity index (χ1n) is 8.48. The molecule has 0 aliphatic heterocycles. The topological polar surface area (TPSA) is 65.0 Å². The number of hydrogen-bond acceptors (Lipinski definition) is 3. The molecule has 0 atom stereocenters. The quantitative estimate of drug-likeness (QED) is 0.237. The number of sulfonamides is 1. The predicted molar refractivity (Wildman–Crippen MR) is 121 cm³/mol. The third kappa shape index (κ3) is 8.88. The van der Waals surface area contributed by atoms with E-state index in [-0.39, 0.29) is 29.7 Å². The highest BCUT2D eigenvalue weighted by molar-refractivity contribution is 14.0. The lowest BCUT2D eigenvalue weighted by atomic mass is 10.2. The Morgan fingerprint density at radius 2 is 1.96 bits per heavy atom. The lowest BCUT2D eigenvalue weighted by molar-refractivity contribution is 0.459. The van der Waals surface area contributed by atoms with Crippen LogP contribution in [0.5, 0.6) is 0 Å². The minimum atomic E-state index is -3.12. The zero-order valence-corrected chi connectivity index (χ0v) is 19.8. The van der Waals surface area contributed by atoms with Gasteiger partial charge in [0.2, 0.25) is 10.0 Å². The van der Waals surface area contributed by atoms with Gasteiger partial charge in [-0.25, -0.2) is 12.7 Å². The number of benzene rings is 1. The molecule has 1 aromatic carbocycles. The van der Waals surface area contributed by atoms with Gasteiger partial charge in [0.05, 0.1) is 5.75 Å². The van der Waals surface area contributed by atoms with Crippen LogP contribution in [-0.2, 0) is 16.6 Å². The summed E-state index contributed by atoms with van der Waals surface area (Å²) in [6, 6.07) is 7.74. The molecule has 0 saturated carbocycles. The van der Waals surface area contributed by atoms with Crippen LogP contribution >= 0.6 is 35.6 Å². The van der Waals surface area contributed by atoms with Crippen LogP contribution in [0.3, 0.4) is 0 Å². The minimum absolute atomic E-state index is 0. The molecule has 26 heavy (non-hydrogen) atoms. The molecule has 1 N–H and O–H groups in total. The van der Waals surface area contributed by atoms with Gasteiger partial charge in [-0.15, -0.1) is 24.0 Å². The first-order chi connectivity index (χ1) is 11.8. The van der Waals surface area contributed by atoms with Gasteiger partial charge < -0.3 is 10.2 Å². The third-order valence-corrected chi connectivity index (χ3v) is 5.83. The lowest BCUT2D eigenvalue weighted by Crippen LogP contribution is -2.38. The van der Waals surface area contributed by atoms with Crippen molar-refractivity contribution in [3.63, 3.8) is 0 Å². The highest BCUT2D eigenvalue weighted by Gasteiger charge is 2.14. The number of hydrogen-bond donors (Lipinski definition) is 1. The van der Waals surface area contributed by atoms with Crippen LogP contribution in [0, 0.1) is 0 Å². The van der Waals surface area contributed by atoms with Crippen molar-refractivity contribution in [1.82, 2.24) is 14.5 Å². The normalized spacial score (nSPS) is 12.0. The van der Waals surface area contributed by atoms with E-state index in [1.54, 1.807) is 14.0 Å². The van der Waals surface area contributed by atoms with E-state index in [1.807, 2.05) is 43.1 Å². The summed E-state index contributed by atoms with van der Waals surface area (Å²) in [5.41, 5.74) is 1.11. The maximum absolute atomic E-state index is 11.7. The van der Waals surface area contributed by atoms with Crippen molar-refractivity contribution in [3.05, 3.63) is 34.9 Å². The van der Waals surface area contributed by atoms with Crippen LogP contribution in [0.15, 0.2) is 29.3 Å². The Bertz CT molecular complexity index is 670. The van der Waals surface area contributed by atoms with Crippen LogP contribution < -0.4 is 5.32 Å². The van der Waals surface area contributed by atoms with Gasteiger partial charge in [-0.1, -0.05) is 23.7 Å². The zero-order chi connectivity index (χ0) is 18.9. The van der Waals surface area contributed by atoms with E-state index in [0.29, 0.717) is 31.1 Å². The molecule has 0 aliphatic rings. The summed E-state index contributed by atoms with van der Waals surface area (Å²) in [6.07, 6.45) is 0.676. The fourth-order valence-electron chi connectivity index (χ4n) is 2.29. The summed E-state index contributed by atoms with van der Waals surface area (Å²) >= 11 is 6.03. The average Bonchev–Trinajstić information content (AvgIpc) is 2.57. The number of rotatable bonds is 9. The Kier molecular flexibility index (Phi) is 12.5. The molecule has 0 radical (unpaired) electrons. The van der Waals surface area contributed by atoms with E-state index in [0.717, 1.165) is 18.1 Å². The largest absolute Gasteiger partial charge is 0.357 e. The van der Waals surface area contributed by atoms with E-state index in [4.69, 9.17) is 11.6 Å². The Labute approximate surface area is 180 Å². The molecule has 1 rings (SSSR count). The number of nitrogens with one attached hydrogen (secondary N) is 1. The smallest absolute Gasteiger partial charge is 0.213 e. The third-order valence-electron chi connectivity index (χ3n) is 3.74. The summed E-state index contributed by atoms with van der Waals surface area (Å²) in [4.78, 5) is 6.62. The van der Waals surface area contributed by atoms with Gasteiger partial charge >= 0.3 is 0 Å². The highest BCUT2D eigenvalue weighted by Crippen LogP contribution is 2.12. The maximum Gasteiger partial charge on any atom is 0.213 e. The number of nitrogens with zero attached hydrogens (tertiary/aromatic N) is 3. The molecule has 0 spiro atoms. The van der Waals surface area contributed by atoms with Gasteiger partial charge in [0.15, 0.2) is 5.96 Å². The molecule has 0 fully saturated rings. The summed E-state index contributed by atoms with van der Waals surface area (Å²) in [6.45, 7) is 6.16. The minimum Gasteiger partial charge on any atom is -0.357 e. The molecular weight excluding hydrogens is 487 g/mol. The monoisotopic (exact) mass is 516 g/mol. The van der Waals surface area contributed by atoms with Gasteiger partial charge in [-0.05, 0) is 38.0 Å². The molecule has 150 valence electrons. The van der Waals surface area contributed by atoms with Crippen molar-refractivity contribution in [2.24, 2.45) is 4.99 Å². The highest BCUT2D eigenvalue weighted by atomic mass is 127. The van der Waals surface area contributed by atoms with E-state index in [9.17, 15) is 8.42 Å². The summed E-state index contributed by atoms with van der Waals surface area (Å²) in [7, 11) is 0.455. The van der Waals surface area contributed by atoms with Crippen molar-refractivity contribution in [3.8, 4) is 0 Å². The average molecular weight is 517 g/mol. The van der Waals surface area contributed by atoms with E-state index < -0.39 is 10.0 Å². The molecule has 0 aliphatic carbocycles. The second-order valence-electron chi connectivity index (χ2n) is 5.80. The number of guanidine groups is 1. The molecule has 0 saturated heterocycles. The molecule has 1 aromatic rings. The van der Waals surface area contributed by atoms with Crippen molar-refractivity contribution in [2.45, 2.75) is 26.8 Å². The van der Waals surface area contributed by atoms with Crippen molar-refractivity contribution in [1.29, 1.82) is 0 Å². The van der Waals surface area contributed by atoms with Gasteiger partial charge in [0, 0.05) is 45.3 Å². The molecule has 9 heteroatoms. The first-order valence-corrected chi connectivity index (χ1v) is 10.5. The molecule has 0 aromatic heterocycles. The molecular formula is C17H30ClIN4O2S. The maximum atomic E-state index is 11.7. The second kappa shape index (κ2) is 12.7. The molecule has 0 amide bonds. The number of halogens is 2. The van der Waals surface area contributed by atoms with Gasteiger partial charge in [0.25, 0.3) is 0 Å². The fourth-order valence-corrected chi connectivity index (χ4v) is 3.35. The van der Waals surface area contributed by atoms with E-state index in [1.165, 1.54) is 4.31 Å². The Morgan fingerprint density at radius 3 is 2.54 bits per heavy atom. The Balaban J connectivity index is 0.00000625. The molecule has 0 unspecified atom stereocenters. The lowest BCUT2D eigenvalue weighted by Gasteiger charge is -2.22. The first kappa shape index (κ1) is 25.4. The van der Waals surface area contributed by atoms with Crippen molar-refractivity contribution in [2.75, 3.05) is 39.5 Å². The van der Waals surface area contributed by atoms with Gasteiger partial charge in [-0.3, -0.25) is 4.99 Å². The van der Waals surface area contributed by atoms with E-state index >= 15 is 0 Å². The van der Waals surface area contributed by atoms with Crippen LogP contribution in [0.2, 0.25) is 5.02 Å². The van der Waals surface area contributed by atoms with Gasteiger partial charge in [-0.2, -0.15) is 0 Å². The fraction of sp³-hybridized carbons (Fsp3) is 0.588. The summed E-state index contributed by atoms with van der Waals surface area (Å²) < 4.78 is 24.8. The Hall–Kier alpha value is -0.580. The molecule has 0 heterocycles. The van der Waals surface area contributed by atoms with Crippen LogP contribution in [-0.4, -0.2) is 63.1 Å². The second-order valence-corrected chi connectivity index (χ2v) is 8.60. The molecule has 6 nitrogen and oxygen atoms in total. The standard InChI is InChI=1S/C17H29ClN4O2S.HI/c1-5-19-17(20-11-8-12-22(4)25(23,24)6-2)21(3)14-15-9-7-10-16(18)13-15;/h7,9-10,13H,5-6,8,11-12,14H2,1-4H3,(H,19,20);1H. The molecule has 0 bridgehead atoms. The van der Waals surface area contributed by atoms with Crippen LogP contribution in [0.25, 0.3) is 0 Å². The predicted octanol–water partition coefficient (Wildman–Crippen LogP) is 3.03. The van der Waals surface area contributed by atoms with Crippen molar-refractivity contribution >= 4 is 51.6 Å². The SMILES string of the molecule is CCNC(=NCCCN(C)S(=O)(=O)CC)N(C)Cc1cccc(Cl)c1.I. The summed E-state index contributed by atoms with van der Waals surface area (Å²) in [5.74, 6) is 0.918. The number of aliphatic imine (C=N–C) groups is 1. The summed E-state index contributed by atoms with van der Waals surface area (Å²) in [5, 5.41) is 3.97. The zero-order valence-electron chi connectivity index (χ0n) is 15.9. The Morgan fingerprint density at radius 1 is 1.27 bits per heavy atom. The van der Waals surface area contributed by atoms with Crippen LogP contribution in [0.4, 0.5) is 0 Å². The van der Waals surface area contributed by atoms with Crippen molar-refractivity contribution < 1.29 is 8.42 Å². The van der Waals surface area contributed by atoms with E-state index in [2.05, 4.69) is 10.3 Å². The van der Waals surface area contributed by atoms with Crippen LogP contribution in [0.1, 0.15) is 25.8 Å².